The van der Waals surface area contributed by atoms with Crippen LogP contribution >= 0.6 is 0 Å². The van der Waals surface area contributed by atoms with Crippen molar-refractivity contribution in [2.45, 2.75) is 45.4 Å². The van der Waals surface area contributed by atoms with Crippen LogP contribution in [0.25, 0.3) is 0 Å². The van der Waals surface area contributed by atoms with E-state index in [1.807, 2.05) is 12.1 Å². The highest BCUT2D eigenvalue weighted by Crippen LogP contribution is 2.22. The lowest BCUT2D eigenvalue weighted by Crippen LogP contribution is -2.11. The van der Waals surface area contributed by atoms with Crippen LogP contribution in [0.15, 0.2) is 24.3 Å². The molecule has 0 radical (unpaired) electrons. The zero-order chi connectivity index (χ0) is 12.9. The van der Waals surface area contributed by atoms with Gasteiger partial charge in [0, 0.05) is 12.0 Å². The maximum absolute atomic E-state index is 11.8. The smallest absolute Gasteiger partial charge is 0.162 e. The van der Waals surface area contributed by atoms with Crippen LogP contribution in [-0.4, -0.2) is 12.3 Å². The Bertz CT molecular complexity index is 360. The summed E-state index contributed by atoms with van der Waals surface area (Å²) in [5.74, 6) is 0.221. The molecule has 1 aromatic carbocycles. The summed E-state index contributed by atoms with van der Waals surface area (Å²) in [4.78, 5) is 11.8. The number of ketones is 1. The van der Waals surface area contributed by atoms with Crippen molar-refractivity contribution in [3.63, 3.8) is 0 Å². The third kappa shape index (κ3) is 4.31. The minimum Gasteiger partial charge on any atom is -0.330 e. The molecule has 0 fully saturated rings. The molecule has 0 heterocycles. The molecule has 1 rings (SSSR count). The monoisotopic (exact) mass is 233 g/mol. The van der Waals surface area contributed by atoms with Gasteiger partial charge in [-0.15, -0.1) is 0 Å². The summed E-state index contributed by atoms with van der Waals surface area (Å²) in [5, 5.41) is 0. The van der Waals surface area contributed by atoms with Gasteiger partial charge >= 0.3 is 0 Å². The van der Waals surface area contributed by atoms with Crippen molar-refractivity contribution < 1.29 is 4.79 Å². The van der Waals surface area contributed by atoms with E-state index in [-0.39, 0.29) is 11.2 Å². The molecule has 1 aromatic rings. The van der Waals surface area contributed by atoms with Gasteiger partial charge in [-0.3, -0.25) is 4.79 Å². The number of carbonyl (C=O) groups is 1. The molecule has 0 aliphatic heterocycles. The number of carbonyl (C=O) groups excluding carboxylic acids is 1. The molecule has 0 bridgehead atoms. The molecular weight excluding hydrogens is 210 g/mol. The number of benzene rings is 1. The molecule has 17 heavy (non-hydrogen) atoms. The molecule has 0 aromatic heterocycles. The Labute approximate surface area is 104 Å². The zero-order valence-electron chi connectivity index (χ0n) is 11.1. The number of hydrogen-bond acceptors (Lipinski definition) is 2. The van der Waals surface area contributed by atoms with E-state index in [1.54, 1.807) is 0 Å². The van der Waals surface area contributed by atoms with E-state index in [2.05, 4.69) is 32.9 Å². The largest absolute Gasteiger partial charge is 0.330 e. The molecular formula is C15H23NO. The summed E-state index contributed by atoms with van der Waals surface area (Å²) in [6.07, 6.45) is 2.41. The van der Waals surface area contributed by atoms with Crippen molar-refractivity contribution in [1.29, 1.82) is 0 Å². The zero-order valence-corrected chi connectivity index (χ0v) is 11.1. The summed E-state index contributed by atoms with van der Waals surface area (Å²) in [7, 11) is 0. The third-order valence-electron chi connectivity index (χ3n) is 2.93. The fraction of sp³-hybridized carbons (Fsp3) is 0.533. The summed E-state index contributed by atoms with van der Waals surface area (Å²) in [5.41, 5.74) is 7.62. The highest BCUT2D eigenvalue weighted by Gasteiger charge is 2.14. The van der Waals surface area contributed by atoms with Crippen LogP contribution in [0.2, 0.25) is 0 Å². The van der Waals surface area contributed by atoms with E-state index in [0.717, 1.165) is 18.4 Å². The lowest BCUT2D eigenvalue weighted by molar-refractivity contribution is 0.0979. The van der Waals surface area contributed by atoms with Crippen molar-refractivity contribution in [2.24, 2.45) is 5.73 Å². The number of Topliss-reactive ketones (excluding diaryl/α,β-unsaturated/α-hetero) is 1. The lowest BCUT2D eigenvalue weighted by atomic mass is 9.86. The quantitative estimate of drug-likeness (QED) is 0.626. The van der Waals surface area contributed by atoms with Gasteiger partial charge in [-0.2, -0.15) is 0 Å². The normalized spacial score (nSPS) is 11.5. The SMILES string of the molecule is CC(C)(C)c1ccc(C(=O)CCCCN)cc1. The Balaban J connectivity index is 2.64. The van der Waals surface area contributed by atoms with Gasteiger partial charge in [0.25, 0.3) is 0 Å². The van der Waals surface area contributed by atoms with Crippen LogP contribution in [-0.2, 0) is 5.41 Å². The molecule has 94 valence electrons. The van der Waals surface area contributed by atoms with Gasteiger partial charge in [-0.25, -0.2) is 0 Å². The van der Waals surface area contributed by atoms with Gasteiger partial charge in [0.1, 0.15) is 0 Å². The van der Waals surface area contributed by atoms with Crippen LogP contribution in [0.5, 0.6) is 0 Å². The first-order chi connectivity index (χ1) is 7.95. The molecule has 2 nitrogen and oxygen atoms in total. The molecule has 0 aliphatic rings. The van der Waals surface area contributed by atoms with Gasteiger partial charge in [-0.05, 0) is 30.4 Å². The van der Waals surface area contributed by atoms with Crippen molar-refractivity contribution in [3.05, 3.63) is 35.4 Å². The number of nitrogens with two attached hydrogens (primary N) is 1. The van der Waals surface area contributed by atoms with E-state index in [4.69, 9.17) is 5.73 Å². The van der Waals surface area contributed by atoms with E-state index < -0.39 is 0 Å². The summed E-state index contributed by atoms with van der Waals surface area (Å²) in [6.45, 7) is 7.18. The Kier molecular flexibility index (Phi) is 4.88. The molecule has 0 spiro atoms. The first kappa shape index (κ1) is 13.9. The maximum atomic E-state index is 11.8. The van der Waals surface area contributed by atoms with Gasteiger partial charge in [-0.1, -0.05) is 45.0 Å². The molecule has 0 unspecified atom stereocenters. The minimum absolute atomic E-state index is 0.140. The second kappa shape index (κ2) is 5.97. The molecule has 0 amide bonds. The first-order valence-corrected chi connectivity index (χ1v) is 6.29. The van der Waals surface area contributed by atoms with Gasteiger partial charge in [0.15, 0.2) is 5.78 Å². The molecule has 0 saturated carbocycles. The highest BCUT2D eigenvalue weighted by atomic mass is 16.1. The van der Waals surface area contributed by atoms with Crippen LogP contribution < -0.4 is 5.73 Å². The Morgan fingerprint density at radius 2 is 1.71 bits per heavy atom. The van der Waals surface area contributed by atoms with E-state index >= 15 is 0 Å². The van der Waals surface area contributed by atoms with Gasteiger partial charge in [0.05, 0.1) is 0 Å². The van der Waals surface area contributed by atoms with Crippen LogP contribution in [0, 0.1) is 0 Å². The second-order valence-electron chi connectivity index (χ2n) is 5.50. The highest BCUT2D eigenvalue weighted by molar-refractivity contribution is 5.96. The average molecular weight is 233 g/mol. The summed E-state index contributed by atoms with van der Waals surface area (Å²) >= 11 is 0. The average Bonchev–Trinajstić information content (AvgIpc) is 2.28. The van der Waals surface area contributed by atoms with Gasteiger partial charge < -0.3 is 5.73 Å². The van der Waals surface area contributed by atoms with Crippen molar-refractivity contribution in [3.8, 4) is 0 Å². The van der Waals surface area contributed by atoms with Crippen LogP contribution in [0.4, 0.5) is 0 Å². The molecule has 0 saturated heterocycles. The number of rotatable bonds is 5. The Hall–Kier alpha value is -1.15. The predicted molar refractivity (Wildman–Crippen MR) is 72.4 cm³/mol. The topological polar surface area (TPSA) is 43.1 Å². The third-order valence-corrected chi connectivity index (χ3v) is 2.93. The van der Waals surface area contributed by atoms with E-state index in [9.17, 15) is 4.79 Å². The molecule has 2 N–H and O–H groups in total. The fourth-order valence-corrected chi connectivity index (χ4v) is 1.73. The number of unbranched alkanes of at least 4 members (excludes halogenated alkanes) is 1. The second-order valence-corrected chi connectivity index (χ2v) is 5.50. The molecule has 2 heteroatoms. The Morgan fingerprint density at radius 3 is 2.18 bits per heavy atom. The summed E-state index contributed by atoms with van der Waals surface area (Å²) < 4.78 is 0. The minimum atomic E-state index is 0.140. The standard InChI is InChI=1S/C15H23NO/c1-15(2,3)13-9-7-12(8-10-13)14(17)6-4-5-11-16/h7-10H,4-6,11,16H2,1-3H3. The molecule has 0 atom stereocenters. The Morgan fingerprint density at radius 1 is 1.12 bits per heavy atom. The first-order valence-electron chi connectivity index (χ1n) is 6.29. The summed E-state index contributed by atoms with van der Waals surface area (Å²) in [6, 6.07) is 7.98. The lowest BCUT2D eigenvalue weighted by Gasteiger charge is -2.18. The van der Waals surface area contributed by atoms with Crippen LogP contribution in [0.3, 0.4) is 0 Å². The van der Waals surface area contributed by atoms with E-state index in [1.165, 1.54) is 5.56 Å². The van der Waals surface area contributed by atoms with Crippen LogP contribution in [0.1, 0.15) is 56.0 Å². The van der Waals surface area contributed by atoms with Crippen molar-refractivity contribution in [1.82, 2.24) is 0 Å². The van der Waals surface area contributed by atoms with E-state index in [0.29, 0.717) is 13.0 Å². The van der Waals surface area contributed by atoms with Crippen molar-refractivity contribution in [2.75, 3.05) is 6.54 Å². The van der Waals surface area contributed by atoms with Crippen molar-refractivity contribution >= 4 is 5.78 Å². The fourth-order valence-electron chi connectivity index (χ4n) is 1.73. The predicted octanol–water partition coefficient (Wildman–Crippen LogP) is 3.30. The van der Waals surface area contributed by atoms with Gasteiger partial charge in [0.2, 0.25) is 0 Å². The number of hydrogen-bond donors (Lipinski definition) is 1. The maximum Gasteiger partial charge on any atom is 0.162 e. The molecule has 0 aliphatic carbocycles.